The molecule has 0 aromatic heterocycles. The summed E-state index contributed by atoms with van der Waals surface area (Å²) in [6, 6.07) is -0.428. The second-order valence-corrected chi connectivity index (χ2v) is 1.82. The van der Waals surface area contributed by atoms with Crippen molar-refractivity contribution in [3.8, 4) is 0 Å². The van der Waals surface area contributed by atoms with Crippen LogP contribution in [0.25, 0.3) is 0 Å². The van der Waals surface area contributed by atoms with Crippen LogP contribution in [0, 0.1) is 6.92 Å². The van der Waals surface area contributed by atoms with Gasteiger partial charge >= 0.3 is 5.97 Å². The third-order valence-electron chi connectivity index (χ3n) is 1.14. The first-order valence-electron chi connectivity index (χ1n) is 2.91. The van der Waals surface area contributed by atoms with Crippen LogP contribution in [0.3, 0.4) is 0 Å². The van der Waals surface area contributed by atoms with Crippen LogP contribution in [0.15, 0.2) is 0 Å². The molecule has 3 heteroatoms. The van der Waals surface area contributed by atoms with Crippen LogP contribution in [0.2, 0.25) is 0 Å². The average molecular weight is 130 g/mol. The van der Waals surface area contributed by atoms with Crippen LogP contribution in [0.5, 0.6) is 0 Å². The Hall–Kier alpha value is -0.570. The van der Waals surface area contributed by atoms with Crippen LogP contribution in [-0.4, -0.2) is 24.2 Å². The normalized spacial score (nSPS) is 13.1. The zero-order valence-corrected chi connectivity index (χ0v) is 5.55. The highest BCUT2D eigenvalue weighted by Crippen LogP contribution is 1.93. The molecule has 0 fully saturated rings. The van der Waals surface area contributed by atoms with Gasteiger partial charge in [0.15, 0.2) is 0 Å². The van der Waals surface area contributed by atoms with E-state index in [1.54, 1.807) is 7.05 Å². The van der Waals surface area contributed by atoms with Gasteiger partial charge in [0, 0.05) is 0 Å². The monoisotopic (exact) mass is 130 g/mol. The van der Waals surface area contributed by atoms with Gasteiger partial charge in [-0.1, -0.05) is 13.3 Å². The van der Waals surface area contributed by atoms with Crippen LogP contribution in [0.4, 0.5) is 0 Å². The minimum absolute atomic E-state index is 0.428. The van der Waals surface area contributed by atoms with Gasteiger partial charge < -0.3 is 10.4 Å². The van der Waals surface area contributed by atoms with E-state index in [0.717, 1.165) is 0 Å². The van der Waals surface area contributed by atoms with Crippen molar-refractivity contribution < 1.29 is 9.90 Å². The number of nitrogens with one attached hydrogen (secondary N) is 1. The number of carboxylic acids is 1. The number of carbonyl (C=O) groups is 1. The van der Waals surface area contributed by atoms with Gasteiger partial charge in [0.1, 0.15) is 6.04 Å². The van der Waals surface area contributed by atoms with E-state index in [2.05, 4.69) is 12.2 Å². The Morgan fingerprint density at radius 3 is 2.56 bits per heavy atom. The zero-order chi connectivity index (χ0) is 7.28. The van der Waals surface area contributed by atoms with Crippen molar-refractivity contribution in [1.29, 1.82) is 0 Å². The van der Waals surface area contributed by atoms with Crippen LogP contribution in [0.1, 0.15) is 12.8 Å². The van der Waals surface area contributed by atoms with E-state index < -0.39 is 12.0 Å². The third-order valence-corrected chi connectivity index (χ3v) is 1.14. The van der Waals surface area contributed by atoms with Crippen molar-refractivity contribution >= 4 is 5.97 Å². The maximum Gasteiger partial charge on any atom is 0.320 e. The average Bonchev–Trinajstić information content (AvgIpc) is 1.82. The summed E-state index contributed by atoms with van der Waals surface area (Å²) in [5.41, 5.74) is 0. The minimum atomic E-state index is -0.804. The standard InChI is InChI=1S/C6H12NO2/c1-3-4-5(7-2)6(8)9/h5,7H,1,3-4H2,2H3,(H,8,9)/t5-/m0/s1. The molecule has 0 amide bonds. The predicted molar refractivity (Wildman–Crippen MR) is 35.1 cm³/mol. The molecule has 0 aliphatic rings. The van der Waals surface area contributed by atoms with Crippen LogP contribution >= 0.6 is 0 Å². The highest BCUT2D eigenvalue weighted by molar-refractivity contribution is 5.73. The Morgan fingerprint density at radius 1 is 1.89 bits per heavy atom. The lowest BCUT2D eigenvalue weighted by molar-refractivity contribution is -0.139. The molecule has 0 spiro atoms. The topological polar surface area (TPSA) is 49.3 Å². The van der Waals surface area contributed by atoms with Crippen molar-refractivity contribution in [3.05, 3.63) is 6.92 Å². The van der Waals surface area contributed by atoms with Crippen molar-refractivity contribution in [1.82, 2.24) is 5.32 Å². The lowest BCUT2D eigenvalue weighted by Gasteiger charge is -2.07. The number of rotatable bonds is 4. The SMILES string of the molecule is [CH2]CC[C@H](NC)C(=O)O. The molecular weight excluding hydrogens is 118 g/mol. The molecule has 0 heterocycles. The lowest BCUT2D eigenvalue weighted by Crippen LogP contribution is -2.33. The fraction of sp³-hybridized carbons (Fsp3) is 0.667. The second-order valence-electron chi connectivity index (χ2n) is 1.82. The number of hydrogen-bond donors (Lipinski definition) is 2. The zero-order valence-electron chi connectivity index (χ0n) is 5.55. The van der Waals surface area contributed by atoms with E-state index >= 15 is 0 Å². The smallest absolute Gasteiger partial charge is 0.320 e. The summed E-state index contributed by atoms with van der Waals surface area (Å²) in [5, 5.41) is 11.1. The van der Waals surface area contributed by atoms with Gasteiger partial charge in [0.2, 0.25) is 0 Å². The quantitative estimate of drug-likeness (QED) is 0.574. The maximum atomic E-state index is 10.2. The molecule has 9 heavy (non-hydrogen) atoms. The molecule has 1 atom stereocenters. The Kier molecular flexibility index (Phi) is 4.05. The molecule has 1 radical (unpaired) electrons. The summed E-state index contributed by atoms with van der Waals surface area (Å²) >= 11 is 0. The van der Waals surface area contributed by atoms with Gasteiger partial charge in [0.05, 0.1) is 0 Å². The molecule has 0 saturated carbocycles. The first-order chi connectivity index (χ1) is 4.22. The largest absolute Gasteiger partial charge is 0.480 e. The van der Waals surface area contributed by atoms with Crippen LogP contribution in [-0.2, 0) is 4.79 Å². The summed E-state index contributed by atoms with van der Waals surface area (Å²) in [6.07, 6.45) is 1.24. The van der Waals surface area contributed by atoms with E-state index in [1.807, 2.05) is 0 Å². The number of carboxylic acid groups (broad SMARTS) is 1. The lowest BCUT2D eigenvalue weighted by atomic mass is 10.2. The summed E-state index contributed by atoms with van der Waals surface area (Å²) in [4.78, 5) is 10.2. The molecule has 53 valence electrons. The maximum absolute atomic E-state index is 10.2. The number of hydrogen-bond acceptors (Lipinski definition) is 2. The molecule has 2 N–H and O–H groups in total. The van der Waals surface area contributed by atoms with Gasteiger partial charge in [-0.25, -0.2) is 0 Å². The number of likely N-dealkylation sites (N-methyl/N-ethyl adjacent to an activating group) is 1. The van der Waals surface area contributed by atoms with E-state index in [-0.39, 0.29) is 0 Å². The second kappa shape index (κ2) is 4.32. The van der Waals surface area contributed by atoms with Gasteiger partial charge in [0.25, 0.3) is 0 Å². The van der Waals surface area contributed by atoms with E-state index in [0.29, 0.717) is 12.8 Å². The van der Waals surface area contributed by atoms with Crippen molar-refractivity contribution in [3.63, 3.8) is 0 Å². The predicted octanol–water partition coefficient (Wildman–Crippen LogP) is 0.273. The Morgan fingerprint density at radius 2 is 2.44 bits per heavy atom. The number of aliphatic carboxylic acids is 1. The molecule has 0 unspecified atom stereocenters. The summed E-state index contributed by atoms with van der Waals surface area (Å²) in [6.45, 7) is 3.55. The van der Waals surface area contributed by atoms with E-state index in [1.165, 1.54) is 0 Å². The molecule has 3 nitrogen and oxygen atoms in total. The Bertz CT molecular complexity index is 93.1. The third kappa shape index (κ3) is 3.08. The molecule has 0 aromatic carbocycles. The summed E-state index contributed by atoms with van der Waals surface area (Å²) < 4.78 is 0. The van der Waals surface area contributed by atoms with E-state index in [9.17, 15) is 4.79 Å². The molecule has 0 aromatic rings. The van der Waals surface area contributed by atoms with Gasteiger partial charge in [-0.2, -0.15) is 0 Å². The molecular formula is C6H12NO2. The van der Waals surface area contributed by atoms with Crippen molar-refractivity contribution in [2.75, 3.05) is 7.05 Å². The molecule has 0 aliphatic heterocycles. The van der Waals surface area contributed by atoms with E-state index in [4.69, 9.17) is 5.11 Å². The highest BCUT2D eigenvalue weighted by atomic mass is 16.4. The first kappa shape index (κ1) is 8.43. The van der Waals surface area contributed by atoms with Gasteiger partial charge in [-0.15, -0.1) is 0 Å². The molecule has 0 saturated heterocycles. The van der Waals surface area contributed by atoms with Crippen LogP contribution < -0.4 is 5.32 Å². The molecule has 0 rings (SSSR count). The fourth-order valence-electron chi connectivity index (χ4n) is 0.595. The Labute approximate surface area is 55.1 Å². The Balaban J connectivity index is 3.54. The highest BCUT2D eigenvalue weighted by Gasteiger charge is 2.11. The first-order valence-corrected chi connectivity index (χ1v) is 2.91. The van der Waals surface area contributed by atoms with Gasteiger partial charge in [-0.05, 0) is 13.5 Å². The minimum Gasteiger partial charge on any atom is -0.480 e. The summed E-state index contributed by atoms with van der Waals surface area (Å²) in [7, 11) is 1.63. The summed E-state index contributed by atoms with van der Waals surface area (Å²) in [5.74, 6) is -0.804. The molecule has 0 aliphatic carbocycles. The van der Waals surface area contributed by atoms with Crippen molar-refractivity contribution in [2.24, 2.45) is 0 Å². The van der Waals surface area contributed by atoms with Gasteiger partial charge in [-0.3, -0.25) is 4.79 Å². The van der Waals surface area contributed by atoms with Crippen molar-refractivity contribution in [2.45, 2.75) is 18.9 Å². The fourth-order valence-corrected chi connectivity index (χ4v) is 0.595. The molecule has 0 bridgehead atoms.